The first kappa shape index (κ1) is 22.3. The molecule has 2 aliphatic rings. The average molecular weight is 487 g/mol. The number of nitro groups is 1. The highest BCUT2D eigenvalue weighted by Gasteiger charge is 2.33. The van der Waals surface area contributed by atoms with Gasteiger partial charge in [-0.3, -0.25) is 10.1 Å². The second-order valence-electron chi connectivity index (χ2n) is 8.13. The first-order chi connectivity index (χ1) is 16.4. The summed E-state index contributed by atoms with van der Waals surface area (Å²) in [6.07, 6.45) is 9.35. The molecular formula is C21H23ClN8O4. The molecule has 1 saturated carbocycles. The summed E-state index contributed by atoms with van der Waals surface area (Å²) in [5.74, 6) is -0.0324. The zero-order chi connectivity index (χ0) is 23.8. The number of fused-ring (bicyclic) bond motifs is 1. The molecule has 3 aromatic heterocycles. The molecule has 0 bridgehead atoms. The quantitative estimate of drug-likeness (QED) is 0.209. The molecule has 0 saturated heterocycles. The minimum Gasteiger partial charge on any atom is -0.472 e. The van der Waals surface area contributed by atoms with Gasteiger partial charge in [-0.15, -0.1) is 5.10 Å². The van der Waals surface area contributed by atoms with Crippen LogP contribution in [-0.2, 0) is 11.3 Å². The molecule has 1 unspecified atom stereocenters. The van der Waals surface area contributed by atoms with Crippen LogP contribution in [0.4, 0.5) is 5.69 Å². The smallest absolute Gasteiger partial charge is 0.353 e. The summed E-state index contributed by atoms with van der Waals surface area (Å²) in [5.41, 5.74) is 2.30. The van der Waals surface area contributed by atoms with E-state index in [0.29, 0.717) is 30.0 Å². The lowest BCUT2D eigenvalue weighted by Crippen LogP contribution is -2.34. The monoisotopic (exact) mass is 486 g/mol. The third kappa shape index (κ3) is 4.33. The number of halogens is 1. The van der Waals surface area contributed by atoms with Crippen molar-refractivity contribution in [3.8, 4) is 5.88 Å². The van der Waals surface area contributed by atoms with Gasteiger partial charge in [0.25, 0.3) is 0 Å². The number of allylic oxidation sites excluding steroid dienone is 2. The van der Waals surface area contributed by atoms with Crippen molar-refractivity contribution in [3.63, 3.8) is 0 Å². The largest absolute Gasteiger partial charge is 0.472 e. The van der Waals surface area contributed by atoms with Gasteiger partial charge in [0.1, 0.15) is 5.69 Å². The van der Waals surface area contributed by atoms with Gasteiger partial charge in [0, 0.05) is 19.2 Å². The lowest BCUT2D eigenvalue weighted by Gasteiger charge is -2.23. The molecule has 178 valence electrons. The Balaban J connectivity index is 1.31. The second-order valence-corrected chi connectivity index (χ2v) is 8.47. The summed E-state index contributed by atoms with van der Waals surface area (Å²) in [6, 6.07) is 0. The molecule has 1 N–H and O–H groups in total. The fourth-order valence-electron chi connectivity index (χ4n) is 3.80. The third-order valence-corrected chi connectivity index (χ3v) is 5.79. The van der Waals surface area contributed by atoms with E-state index in [0.717, 1.165) is 23.9 Å². The molecule has 1 fully saturated rings. The Kier molecular flexibility index (Phi) is 5.92. The van der Waals surface area contributed by atoms with Crippen molar-refractivity contribution in [2.24, 2.45) is 0 Å². The molecule has 1 aliphatic heterocycles. The van der Waals surface area contributed by atoms with E-state index in [2.05, 4.69) is 25.5 Å². The predicted octanol–water partition coefficient (Wildman–Crippen LogP) is 3.13. The van der Waals surface area contributed by atoms with Crippen molar-refractivity contribution >= 4 is 34.0 Å². The van der Waals surface area contributed by atoms with Crippen LogP contribution in [-0.4, -0.2) is 53.4 Å². The number of dihydropyridines is 1. The summed E-state index contributed by atoms with van der Waals surface area (Å²) in [7, 11) is 0. The molecule has 34 heavy (non-hydrogen) atoms. The maximum Gasteiger partial charge on any atom is 0.353 e. The molecule has 4 heterocycles. The van der Waals surface area contributed by atoms with Gasteiger partial charge in [-0.1, -0.05) is 0 Å². The van der Waals surface area contributed by atoms with Gasteiger partial charge in [-0.25, -0.2) is 14.3 Å². The van der Waals surface area contributed by atoms with Crippen molar-refractivity contribution in [3.05, 3.63) is 51.3 Å². The molecular weight excluding hydrogens is 464 g/mol. The number of nitrogens with zero attached hydrogens (tertiary/aromatic N) is 7. The minimum atomic E-state index is -0.471. The van der Waals surface area contributed by atoms with E-state index in [-0.39, 0.29) is 29.6 Å². The van der Waals surface area contributed by atoms with Crippen LogP contribution in [0.25, 0.3) is 16.7 Å². The molecule has 0 amide bonds. The van der Waals surface area contributed by atoms with E-state index in [1.807, 2.05) is 19.1 Å². The molecule has 1 atom stereocenters. The van der Waals surface area contributed by atoms with Gasteiger partial charge in [0.05, 0.1) is 34.4 Å². The molecule has 5 rings (SSSR count). The van der Waals surface area contributed by atoms with Crippen LogP contribution < -0.4 is 10.1 Å². The Morgan fingerprint density at radius 2 is 2.15 bits per heavy atom. The zero-order valence-electron chi connectivity index (χ0n) is 18.6. The number of hydrogen-bond donors (Lipinski definition) is 1. The molecule has 0 aromatic carbocycles. The number of ether oxygens (including phenoxy) is 2. The van der Waals surface area contributed by atoms with Gasteiger partial charge in [0.15, 0.2) is 11.9 Å². The fraction of sp³-hybridized carbons (Fsp3) is 0.429. The third-order valence-electron chi connectivity index (χ3n) is 5.61. The summed E-state index contributed by atoms with van der Waals surface area (Å²) in [6.45, 7) is 4.21. The Labute approximate surface area is 199 Å². The minimum absolute atomic E-state index is 0.0324. The van der Waals surface area contributed by atoms with Crippen molar-refractivity contribution in [2.75, 3.05) is 6.61 Å². The van der Waals surface area contributed by atoms with Gasteiger partial charge in [0.2, 0.25) is 5.28 Å². The van der Waals surface area contributed by atoms with Crippen LogP contribution >= 0.6 is 11.6 Å². The summed E-state index contributed by atoms with van der Waals surface area (Å²) in [5, 5.41) is 24.8. The number of rotatable bonds is 9. The van der Waals surface area contributed by atoms with Crippen molar-refractivity contribution in [1.29, 1.82) is 0 Å². The van der Waals surface area contributed by atoms with Crippen molar-refractivity contribution in [2.45, 2.75) is 52.0 Å². The molecule has 13 heteroatoms. The molecule has 0 radical (unpaired) electrons. The van der Waals surface area contributed by atoms with Crippen molar-refractivity contribution in [1.82, 2.24) is 34.8 Å². The van der Waals surface area contributed by atoms with E-state index in [9.17, 15) is 10.1 Å². The number of hydrogen-bond acceptors (Lipinski definition) is 9. The first-order valence-corrected chi connectivity index (χ1v) is 11.3. The summed E-state index contributed by atoms with van der Waals surface area (Å²) < 4.78 is 15.0. The first-order valence-electron chi connectivity index (χ1n) is 10.9. The molecule has 0 spiro atoms. The fourth-order valence-corrected chi connectivity index (χ4v) is 3.93. The van der Waals surface area contributed by atoms with Crippen LogP contribution in [0.5, 0.6) is 5.88 Å². The van der Waals surface area contributed by atoms with Crippen LogP contribution in [0.1, 0.15) is 30.7 Å². The Bertz CT molecular complexity index is 1310. The van der Waals surface area contributed by atoms with Crippen LogP contribution in [0.3, 0.4) is 0 Å². The Hall–Kier alpha value is -3.51. The van der Waals surface area contributed by atoms with E-state index < -0.39 is 11.2 Å². The maximum absolute atomic E-state index is 11.8. The number of nitrogens with one attached hydrogen (secondary N) is 1. The number of aromatic nitrogens is 6. The van der Waals surface area contributed by atoms with E-state index in [4.69, 9.17) is 21.1 Å². The SMILES string of the molecule is Cc1nn(CCCOc2nn(C3=CC=CNC3OC3CC3)c(C)c2[N+](=O)[O-])c2nc(Cl)ncc12. The highest BCUT2D eigenvalue weighted by molar-refractivity contribution is 6.28. The molecule has 12 nitrogen and oxygen atoms in total. The topological polar surface area (TPSA) is 135 Å². The van der Waals surface area contributed by atoms with Gasteiger partial charge < -0.3 is 14.8 Å². The lowest BCUT2D eigenvalue weighted by atomic mass is 10.2. The van der Waals surface area contributed by atoms with E-state index in [1.165, 1.54) is 4.68 Å². The normalized spacial score (nSPS) is 17.6. The zero-order valence-corrected chi connectivity index (χ0v) is 19.4. The standard InChI is InChI=1S/C21H23ClN8O4/c1-12-15-11-24-21(22)25-18(15)28(26-12)9-4-10-33-20-17(30(31)32)13(2)29(27-20)16-5-3-8-23-19(16)34-14-6-7-14/h3,5,8,11,14,19,23H,4,6-7,9-10H2,1-2H3. The van der Waals surface area contributed by atoms with Crippen LogP contribution in [0.15, 0.2) is 24.5 Å². The Morgan fingerprint density at radius 1 is 1.32 bits per heavy atom. The van der Waals surface area contributed by atoms with Crippen LogP contribution in [0, 0.1) is 24.0 Å². The van der Waals surface area contributed by atoms with Gasteiger partial charge in [-0.05, 0) is 56.6 Å². The van der Waals surface area contributed by atoms with Gasteiger partial charge in [-0.2, -0.15) is 10.1 Å². The van der Waals surface area contributed by atoms with E-state index >= 15 is 0 Å². The highest BCUT2D eigenvalue weighted by atomic mass is 35.5. The van der Waals surface area contributed by atoms with E-state index in [1.54, 1.807) is 24.0 Å². The Morgan fingerprint density at radius 3 is 2.91 bits per heavy atom. The van der Waals surface area contributed by atoms with Crippen molar-refractivity contribution < 1.29 is 14.4 Å². The number of aryl methyl sites for hydroxylation is 2. The highest BCUT2D eigenvalue weighted by Crippen LogP contribution is 2.34. The van der Waals surface area contributed by atoms with Crippen LogP contribution in [0.2, 0.25) is 5.28 Å². The lowest BCUT2D eigenvalue weighted by molar-refractivity contribution is -0.386. The molecule has 3 aromatic rings. The molecule has 1 aliphatic carbocycles. The maximum atomic E-state index is 11.8. The second kappa shape index (κ2) is 9.03. The summed E-state index contributed by atoms with van der Waals surface area (Å²) in [4.78, 5) is 19.6. The summed E-state index contributed by atoms with van der Waals surface area (Å²) >= 11 is 5.93. The van der Waals surface area contributed by atoms with Gasteiger partial charge >= 0.3 is 11.6 Å². The average Bonchev–Trinajstić information content (AvgIpc) is 3.49. The predicted molar refractivity (Wildman–Crippen MR) is 123 cm³/mol.